The van der Waals surface area contributed by atoms with E-state index in [0.717, 1.165) is 30.0 Å². The zero-order chi connectivity index (χ0) is 16.7. The zero-order valence-corrected chi connectivity index (χ0v) is 14.2. The third-order valence-electron chi connectivity index (χ3n) is 3.33. The van der Waals surface area contributed by atoms with Crippen LogP contribution in [-0.2, 0) is 11.2 Å². The molecule has 0 aliphatic rings. The number of anilines is 2. The van der Waals surface area contributed by atoms with E-state index in [1.165, 1.54) is 0 Å². The Bertz CT molecular complexity index is 624. The lowest BCUT2D eigenvalue weighted by Crippen LogP contribution is -2.20. The summed E-state index contributed by atoms with van der Waals surface area (Å²) in [7, 11) is 4.09. The van der Waals surface area contributed by atoms with Gasteiger partial charge in [-0.3, -0.25) is 4.79 Å². The van der Waals surface area contributed by atoms with E-state index in [-0.39, 0.29) is 5.91 Å². The van der Waals surface area contributed by atoms with Gasteiger partial charge in [-0.2, -0.15) is 0 Å². The molecular weight excluding hydrogens is 310 g/mol. The number of carbonyl (C=O) groups is 1. The number of nitrogens with one attached hydrogen (secondary N) is 2. The van der Waals surface area contributed by atoms with Crippen LogP contribution in [0.3, 0.4) is 0 Å². The van der Waals surface area contributed by atoms with Gasteiger partial charge in [0.15, 0.2) is 0 Å². The Hall–Kier alpha value is -2.04. The molecule has 0 aliphatic heterocycles. The first kappa shape index (κ1) is 17.3. The van der Waals surface area contributed by atoms with Gasteiger partial charge >= 0.3 is 0 Å². The molecule has 0 unspecified atom stereocenters. The number of rotatable bonds is 7. The number of hydrogen-bond donors (Lipinski definition) is 2. The molecule has 5 heteroatoms. The van der Waals surface area contributed by atoms with Gasteiger partial charge < -0.3 is 15.5 Å². The lowest BCUT2D eigenvalue weighted by molar-refractivity contribution is -0.115. The summed E-state index contributed by atoms with van der Waals surface area (Å²) < 4.78 is 0. The Kier molecular flexibility index (Phi) is 6.44. The molecule has 0 saturated heterocycles. The smallest absolute Gasteiger partial charge is 0.228 e. The number of nitrogens with zero attached hydrogens (tertiary/aromatic N) is 1. The molecule has 2 N–H and O–H groups in total. The van der Waals surface area contributed by atoms with Crippen LogP contribution in [-0.4, -0.2) is 38.0 Å². The highest BCUT2D eigenvalue weighted by molar-refractivity contribution is 6.30. The summed E-state index contributed by atoms with van der Waals surface area (Å²) in [5.74, 6) is -0.0411. The molecule has 0 saturated carbocycles. The Labute approximate surface area is 142 Å². The summed E-state index contributed by atoms with van der Waals surface area (Å²) in [4.78, 5) is 14.2. The standard InChI is InChI=1S/C18H22ClN3O/c1-22(2)12-11-20-16-7-9-17(10-8-16)21-18(23)13-14-3-5-15(19)6-4-14/h3-10,20H,11-13H2,1-2H3,(H,21,23). The highest BCUT2D eigenvalue weighted by atomic mass is 35.5. The van der Waals surface area contributed by atoms with Gasteiger partial charge in [0.2, 0.25) is 5.91 Å². The Morgan fingerprint density at radius 1 is 1.00 bits per heavy atom. The average Bonchev–Trinajstić information content (AvgIpc) is 2.51. The highest BCUT2D eigenvalue weighted by Gasteiger charge is 2.04. The van der Waals surface area contributed by atoms with E-state index >= 15 is 0 Å². The maximum absolute atomic E-state index is 12.0. The first-order valence-corrected chi connectivity index (χ1v) is 7.94. The number of halogens is 1. The van der Waals surface area contributed by atoms with Gasteiger partial charge in [0.1, 0.15) is 0 Å². The molecule has 2 rings (SSSR count). The molecule has 1 amide bonds. The molecule has 0 heterocycles. The Morgan fingerprint density at radius 3 is 2.22 bits per heavy atom. The summed E-state index contributed by atoms with van der Waals surface area (Å²) in [5, 5.41) is 6.91. The Morgan fingerprint density at radius 2 is 1.61 bits per heavy atom. The molecule has 23 heavy (non-hydrogen) atoms. The largest absolute Gasteiger partial charge is 0.384 e. The normalized spacial score (nSPS) is 10.6. The van der Waals surface area contributed by atoms with E-state index in [9.17, 15) is 4.79 Å². The fourth-order valence-electron chi connectivity index (χ4n) is 2.09. The van der Waals surface area contributed by atoms with Crippen molar-refractivity contribution in [1.29, 1.82) is 0 Å². The maximum atomic E-state index is 12.0. The average molecular weight is 332 g/mol. The molecule has 0 bridgehead atoms. The van der Waals surface area contributed by atoms with Crippen LogP contribution in [0.2, 0.25) is 5.02 Å². The molecule has 2 aromatic rings. The van der Waals surface area contributed by atoms with Gasteiger partial charge in [0.25, 0.3) is 0 Å². The highest BCUT2D eigenvalue weighted by Crippen LogP contribution is 2.14. The molecule has 0 atom stereocenters. The third kappa shape index (κ3) is 6.30. The van der Waals surface area contributed by atoms with Crippen molar-refractivity contribution in [3.8, 4) is 0 Å². The van der Waals surface area contributed by atoms with Crippen LogP contribution in [0.1, 0.15) is 5.56 Å². The van der Waals surface area contributed by atoms with Crippen LogP contribution >= 0.6 is 11.6 Å². The predicted octanol–water partition coefficient (Wildman–Crippen LogP) is 3.49. The van der Waals surface area contributed by atoms with Gasteiger partial charge in [-0.1, -0.05) is 23.7 Å². The van der Waals surface area contributed by atoms with Gasteiger partial charge in [-0.05, 0) is 56.1 Å². The third-order valence-corrected chi connectivity index (χ3v) is 3.59. The molecule has 0 aliphatic carbocycles. The lowest BCUT2D eigenvalue weighted by Gasteiger charge is -2.12. The topological polar surface area (TPSA) is 44.4 Å². The van der Waals surface area contributed by atoms with E-state index in [1.807, 2.05) is 50.5 Å². The molecule has 0 radical (unpaired) electrons. The summed E-state index contributed by atoms with van der Waals surface area (Å²) in [5.41, 5.74) is 2.78. The van der Waals surface area contributed by atoms with Gasteiger partial charge in [0, 0.05) is 29.5 Å². The number of hydrogen-bond acceptors (Lipinski definition) is 3. The molecule has 4 nitrogen and oxygen atoms in total. The minimum absolute atomic E-state index is 0.0411. The van der Waals surface area contributed by atoms with Gasteiger partial charge in [-0.25, -0.2) is 0 Å². The maximum Gasteiger partial charge on any atom is 0.228 e. The molecule has 0 fully saturated rings. The van der Waals surface area contributed by atoms with Crippen molar-refractivity contribution in [3.63, 3.8) is 0 Å². The summed E-state index contributed by atoms with van der Waals surface area (Å²) in [6.45, 7) is 1.86. The minimum atomic E-state index is -0.0411. The fourth-order valence-corrected chi connectivity index (χ4v) is 2.21. The lowest BCUT2D eigenvalue weighted by atomic mass is 10.1. The quantitative estimate of drug-likeness (QED) is 0.816. The van der Waals surface area contributed by atoms with Crippen molar-refractivity contribution in [2.75, 3.05) is 37.8 Å². The second-order valence-electron chi connectivity index (χ2n) is 5.66. The van der Waals surface area contributed by atoms with Crippen LogP contribution in [0.4, 0.5) is 11.4 Å². The number of carbonyl (C=O) groups excluding carboxylic acids is 1. The SMILES string of the molecule is CN(C)CCNc1ccc(NC(=O)Cc2ccc(Cl)cc2)cc1. The minimum Gasteiger partial charge on any atom is -0.384 e. The number of benzene rings is 2. The molecule has 2 aromatic carbocycles. The summed E-state index contributed by atoms with van der Waals surface area (Å²) in [6, 6.07) is 15.0. The van der Waals surface area contributed by atoms with E-state index in [1.54, 1.807) is 12.1 Å². The van der Waals surface area contributed by atoms with Crippen LogP contribution < -0.4 is 10.6 Å². The second kappa shape index (κ2) is 8.56. The number of amides is 1. The van der Waals surface area contributed by atoms with E-state index in [4.69, 9.17) is 11.6 Å². The second-order valence-corrected chi connectivity index (χ2v) is 6.10. The first-order chi connectivity index (χ1) is 11.0. The fraction of sp³-hybridized carbons (Fsp3) is 0.278. The molecule has 0 aromatic heterocycles. The molecule has 122 valence electrons. The van der Waals surface area contributed by atoms with Crippen LogP contribution in [0.15, 0.2) is 48.5 Å². The van der Waals surface area contributed by atoms with E-state index < -0.39 is 0 Å². The molecular formula is C18H22ClN3O. The van der Waals surface area contributed by atoms with E-state index in [0.29, 0.717) is 11.4 Å². The van der Waals surface area contributed by atoms with Crippen molar-refractivity contribution in [2.45, 2.75) is 6.42 Å². The van der Waals surface area contributed by atoms with Crippen molar-refractivity contribution in [2.24, 2.45) is 0 Å². The summed E-state index contributed by atoms with van der Waals surface area (Å²) in [6.07, 6.45) is 0.333. The zero-order valence-electron chi connectivity index (χ0n) is 13.5. The Balaban J connectivity index is 1.82. The van der Waals surface area contributed by atoms with Crippen LogP contribution in [0, 0.1) is 0 Å². The van der Waals surface area contributed by atoms with Crippen LogP contribution in [0.5, 0.6) is 0 Å². The van der Waals surface area contributed by atoms with E-state index in [2.05, 4.69) is 15.5 Å². The van der Waals surface area contributed by atoms with Crippen LogP contribution in [0.25, 0.3) is 0 Å². The van der Waals surface area contributed by atoms with Crippen molar-refractivity contribution in [1.82, 2.24) is 4.90 Å². The first-order valence-electron chi connectivity index (χ1n) is 7.56. The van der Waals surface area contributed by atoms with Gasteiger partial charge in [0.05, 0.1) is 6.42 Å². The van der Waals surface area contributed by atoms with Crippen molar-refractivity contribution in [3.05, 3.63) is 59.1 Å². The number of likely N-dealkylation sites (N-methyl/N-ethyl adjacent to an activating group) is 1. The van der Waals surface area contributed by atoms with Crippen molar-refractivity contribution < 1.29 is 4.79 Å². The monoisotopic (exact) mass is 331 g/mol. The van der Waals surface area contributed by atoms with Gasteiger partial charge in [-0.15, -0.1) is 0 Å². The summed E-state index contributed by atoms with van der Waals surface area (Å²) >= 11 is 5.84. The van der Waals surface area contributed by atoms with Crippen molar-refractivity contribution >= 4 is 28.9 Å². The molecule has 0 spiro atoms. The predicted molar refractivity (Wildman–Crippen MR) is 97.3 cm³/mol.